The van der Waals surface area contributed by atoms with Gasteiger partial charge in [0.2, 0.25) is 0 Å². The van der Waals surface area contributed by atoms with Gasteiger partial charge >= 0.3 is 0 Å². The maximum atomic E-state index is 8.43. The molecule has 0 atom stereocenters. The Kier molecular flexibility index (Phi) is 7.23. The molecule has 3 nitrogen and oxygen atoms in total. The fraction of sp³-hybridized carbons (Fsp3) is 1.00. The zero-order chi connectivity index (χ0) is 10.2. The van der Waals surface area contributed by atoms with Crippen molar-refractivity contribution < 1.29 is 9.84 Å². The normalized spacial score (nSPS) is 12.0. The zero-order valence-electron chi connectivity index (χ0n) is 9.10. The Balaban J connectivity index is 3.00. The van der Waals surface area contributed by atoms with Crippen molar-refractivity contribution in [1.29, 1.82) is 0 Å². The number of hydrogen-bond acceptors (Lipinski definition) is 3. The second-order valence-corrected chi connectivity index (χ2v) is 4.40. The van der Waals surface area contributed by atoms with Crippen molar-refractivity contribution in [1.82, 2.24) is 5.32 Å². The minimum Gasteiger partial charge on any atom is -0.394 e. The molecule has 0 bridgehead atoms. The molecule has 2 N–H and O–H groups in total. The van der Waals surface area contributed by atoms with E-state index in [1.54, 1.807) is 0 Å². The SMILES string of the molecule is CC(C)(C)CCNCCOCCO. The van der Waals surface area contributed by atoms with E-state index in [1.807, 2.05) is 0 Å². The summed E-state index contributed by atoms with van der Waals surface area (Å²) in [4.78, 5) is 0. The van der Waals surface area contributed by atoms with E-state index in [4.69, 9.17) is 9.84 Å². The average molecular weight is 189 g/mol. The van der Waals surface area contributed by atoms with Crippen molar-refractivity contribution in [3.05, 3.63) is 0 Å². The van der Waals surface area contributed by atoms with Crippen LogP contribution in [0.2, 0.25) is 0 Å². The summed E-state index contributed by atoms with van der Waals surface area (Å²) in [5, 5.41) is 11.7. The molecule has 0 aromatic rings. The first kappa shape index (κ1) is 12.9. The molecule has 0 rings (SSSR count). The number of ether oxygens (including phenoxy) is 1. The van der Waals surface area contributed by atoms with Gasteiger partial charge < -0.3 is 15.2 Å². The summed E-state index contributed by atoms with van der Waals surface area (Å²) in [7, 11) is 0. The van der Waals surface area contributed by atoms with Crippen molar-refractivity contribution in [2.75, 3.05) is 32.9 Å². The summed E-state index contributed by atoms with van der Waals surface area (Å²) < 4.78 is 5.10. The van der Waals surface area contributed by atoms with Crippen molar-refractivity contribution in [2.45, 2.75) is 27.2 Å². The minimum absolute atomic E-state index is 0.113. The third-order valence-corrected chi connectivity index (χ3v) is 1.71. The van der Waals surface area contributed by atoms with Crippen molar-refractivity contribution in [3.8, 4) is 0 Å². The molecule has 0 aliphatic heterocycles. The molecule has 0 radical (unpaired) electrons. The molecule has 13 heavy (non-hydrogen) atoms. The molecule has 0 fully saturated rings. The minimum atomic E-state index is 0.113. The molecule has 3 heteroatoms. The predicted octanol–water partition coefficient (Wildman–Crippen LogP) is 1.02. The molecule has 0 saturated heterocycles. The summed E-state index contributed by atoms with van der Waals surface area (Å²) in [6.45, 7) is 9.85. The summed E-state index contributed by atoms with van der Waals surface area (Å²) >= 11 is 0. The second kappa shape index (κ2) is 7.30. The van der Waals surface area contributed by atoms with Crippen LogP contribution in [0.5, 0.6) is 0 Å². The maximum absolute atomic E-state index is 8.43. The lowest BCUT2D eigenvalue weighted by Gasteiger charge is -2.17. The highest BCUT2D eigenvalue weighted by Gasteiger charge is 2.08. The van der Waals surface area contributed by atoms with Gasteiger partial charge in [-0.15, -0.1) is 0 Å². The van der Waals surface area contributed by atoms with E-state index >= 15 is 0 Å². The van der Waals surface area contributed by atoms with Crippen LogP contribution in [0.4, 0.5) is 0 Å². The quantitative estimate of drug-likeness (QED) is 0.588. The third kappa shape index (κ3) is 11.9. The monoisotopic (exact) mass is 189 g/mol. The average Bonchev–Trinajstić information content (AvgIpc) is 2.01. The molecule has 0 aromatic carbocycles. The number of nitrogens with one attached hydrogen (secondary N) is 1. The van der Waals surface area contributed by atoms with Gasteiger partial charge in [-0.05, 0) is 18.4 Å². The van der Waals surface area contributed by atoms with Crippen LogP contribution in [0.1, 0.15) is 27.2 Å². The molecule has 80 valence electrons. The van der Waals surface area contributed by atoms with Gasteiger partial charge in [0.15, 0.2) is 0 Å². The standard InChI is InChI=1S/C10H23NO2/c1-10(2,3)4-5-11-6-8-13-9-7-12/h11-12H,4-9H2,1-3H3. The molecular weight excluding hydrogens is 166 g/mol. The van der Waals surface area contributed by atoms with Gasteiger partial charge in [0.25, 0.3) is 0 Å². The molecule has 0 aromatic heterocycles. The van der Waals surface area contributed by atoms with Gasteiger partial charge in [-0.2, -0.15) is 0 Å². The van der Waals surface area contributed by atoms with Crippen LogP contribution in [0.3, 0.4) is 0 Å². The molecule has 0 unspecified atom stereocenters. The van der Waals surface area contributed by atoms with E-state index in [0.717, 1.165) is 13.1 Å². The third-order valence-electron chi connectivity index (χ3n) is 1.71. The van der Waals surface area contributed by atoms with E-state index in [-0.39, 0.29) is 6.61 Å². The Labute approximate surface area is 81.5 Å². The summed E-state index contributed by atoms with van der Waals surface area (Å²) in [6.07, 6.45) is 1.17. The van der Waals surface area contributed by atoms with Crippen molar-refractivity contribution in [3.63, 3.8) is 0 Å². The number of aliphatic hydroxyl groups is 1. The highest BCUT2D eigenvalue weighted by molar-refractivity contribution is 4.62. The van der Waals surface area contributed by atoms with E-state index in [0.29, 0.717) is 18.6 Å². The van der Waals surface area contributed by atoms with Crippen LogP contribution in [0, 0.1) is 5.41 Å². The van der Waals surface area contributed by atoms with Crippen LogP contribution in [0.25, 0.3) is 0 Å². The molecule has 0 amide bonds. The first-order valence-electron chi connectivity index (χ1n) is 4.95. The van der Waals surface area contributed by atoms with Gasteiger partial charge in [-0.1, -0.05) is 20.8 Å². The lowest BCUT2D eigenvalue weighted by molar-refractivity contribution is 0.0936. The van der Waals surface area contributed by atoms with Gasteiger partial charge in [-0.25, -0.2) is 0 Å². The molecule has 0 saturated carbocycles. The van der Waals surface area contributed by atoms with E-state index in [1.165, 1.54) is 6.42 Å². The molecular formula is C10H23NO2. The Morgan fingerprint density at radius 3 is 2.38 bits per heavy atom. The van der Waals surface area contributed by atoms with E-state index < -0.39 is 0 Å². The van der Waals surface area contributed by atoms with E-state index in [2.05, 4.69) is 26.1 Å². The fourth-order valence-electron chi connectivity index (χ4n) is 0.899. The number of aliphatic hydroxyl groups excluding tert-OH is 1. The maximum Gasteiger partial charge on any atom is 0.0698 e. The fourth-order valence-corrected chi connectivity index (χ4v) is 0.899. The van der Waals surface area contributed by atoms with E-state index in [9.17, 15) is 0 Å². The van der Waals surface area contributed by atoms with Gasteiger partial charge in [0.1, 0.15) is 0 Å². The van der Waals surface area contributed by atoms with Gasteiger partial charge in [0, 0.05) is 6.54 Å². The van der Waals surface area contributed by atoms with Crippen LogP contribution in [-0.2, 0) is 4.74 Å². The zero-order valence-corrected chi connectivity index (χ0v) is 9.10. The van der Waals surface area contributed by atoms with Crippen LogP contribution in [0.15, 0.2) is 0 Å². The van der Waals surface area contributed by atoms with Gasteiger partial charge in [0.05, 0.1) is 19.8 Å². The van der Waals surface area contributed by atoms with Crippen molar-refractivity contribution in [2.24, 2.45) is 5.41 Å². The predicted molar refractivity (Wildman–Crippen MR) is 54.8 cm³/mol. The molecule has 0 aliphatic carbocycles. The lowest BCUT2D eigenvalue weighted by atomic mass is 9.92. The molecule has 0 heterocycles. The van der Waals surface area contributed by atoms with Crippen molar-refractivity contribution >= 4 is 0 Å². The lowest BCUT2D eigenvalue weighted by Crippen LogP contribution is -2.24. The van der Waals surface area contributed by atoms with Crippen LogP contribution < -0.4 is 5.32 Å². The van der Waals surface area contributed by atoms with Crippen LogP contribution >= 0.6 is 0 Å². The number of rotatable bonds is 7. The molecule has 0 spiro atoms. The second-order valence-electron chi connectivity index (χ2n) is 4.40. The Hall–Kier alpha value is -0.120. The summed E-state index contributed by atoms with van der Waals surface area (Å²) in [5.41, 5.74) is 0.402. The Bertz CT molecular complexity index is 110. The first-order valence-corrected chi connectivity index (χ1v) is 4.95. The highest BCUT2D eigenvalue weighted by Crippen LogP contribution is 2.16. The number of hydrogen-bond donors (Lipinski definition) is 2. The summed E-state index contributed by atoms with van der Waals surface area (Å²) in [5.74, 6) is 0. The molecule has 0 aliphatic rings. The van der Waals surface area contributed by atoms with Gasteiger partial charge in [-0.3, -0.25) is 0 Å². The Morgan fingerprint density at radius 2 is 1.85 bits per heavy atom. The summed E-state index contributed by atoms with van der Waals surface area (Å²) in [6, 6.07) is 0. The first-order chi connectivity index (χ1) is 6.06. The smallest absolute Gasteiger partial charge is 0.0698 e. The highest BCUT2D eigenvalue weighted by atomic mass is 16.5. The van der Waals surface area contributed by atoms with Crippen LogP contribution in [-0.4, -0.2) is 38.0 Å². The topological polar surface area (TPSA) is 41.5 Å². The Morgan fingerprint density at radius 1 is 1.15 bits per heavy atom. The largest absolute Gasteiger partial charge is 0.394 e.